The minimum absolute atomic E-state index is 0.0626. The van der Waals surface area contributed by atoms with Crippen LogP contribution in [0.1, 0.15) is 36.0 Å². The van der Waals surface area contributed by atoms with Gasteiger partial charge in [-0.1, -0.05) is 12.8 Å². The first kappa shape index (κ1) is 22.5. The number of urea groups is 1. The molecular weight excluding hydrogens is 394 g/mol. The van der Waals surface area contributed by atoms with E-state index in [9.17, 15) is 9.59 Å². The Morgan fingerprint density at radius 2 is 1.55 bits per heavy atom. The lowest BCUT2D eigenvalue weighted by Gasteiger charge is -2.21. The number of nitrogens with one attached hydrogen (secondary N) is 1. The Morgan fingerprint density at radius 1 is 0.935 bits per heavy atom. The second-order valence-electron chi connectivity index (χ2n) is 7.66. The van der Waals surface area contributed by atoms with Crippen molar-refractivity contribution in [1.82, 2.24) is 9.80 Å². The van der Waals surface area contributed by atoms with Crippen LogP contribution in [0.5, 0.6) is 11.5 Å². The van der Waals surface area contributed by atoms with Crippen LogP contribution in [-0.4, -0.2) is 62.1 Å². The molecule has 0 spiro atoms. The van der Waals surface area contributed by atoms with Gasteiger partial charge in [-0.25, -0.2) is 4.79 Å². The molecule has 1 saturated heterocycles. The van der Waals surface area contributed by atoms with Gasteiger partial charge in [0.15, 0.2) is 0 Å². The molecule has 0 aliphatic carbocycles. The number of hydrogen-bond donors (Lipinski definition) is 1. The molecule has 0 radical (unpaired) electrons. The summed E-state index contributed by atoms with van der Waals surface area (Å²) in [4.78, 5) is 28.6. The van der Waals surface area contributed by atoms with Crippen LogP contribution in [0.4, 0.5) is 10.5 Å². The van der Waals surface area contributed by atoms with Crippen molar-refractivity contribution in [3.05, 3.63) is 54.1 Å². The first-order valence-electron chi connectivity index (χ1n) is 10.7. The highest BCUT2D eigenvalue weighted by molar-refractivity contribution is 5.95. The van der Waals surface area contributed by atoms with Crippen LogP contribution >= 0.6 is 0 Å². The normalized spacial score (nSPS) is 13.8. The molecule has 2 aromatic rings. The average Bonchev–Trinajstić information content (AvgIpc) is 3.09. The predicted molar refractivity (Wildman–Crippen MR) is 121 cm³/mol. The molecule has 0 bridgehead atoms. The molecule has 2 aromatic carbocycles. The fraction of sp³-hybridized carbons (Fsp3) is 0.417. The number of benzene rings is 2. The molecule has 1 aliphatic rings. The molecule has 1 heterocycles. The van der Waals surface area contributed by atoms with Crippen LogP contribution in [0.2, 0.25) is 0 Å². The van der Waals surface area contributed by atoms with Crippen LogP contribution < -0.4 is 14.8 Å². The number of hydrogen-bond acceptors (Lipinski definition) is 4. The number of carbonyl (C=O) groups excluding carboxylic acids is 2. The molecule has 31 heavy (non-hydrogen) atoms. The minimum Gasteiger partial charge on any atom is -0.497 e. The summed E-state index contributed by atoms with van der Waals surface area (Å²) < 4.78 is 10.8. The molecule has 0 saturated carbocycles. The Bertz CT molecular complexity index is 844. The summed E-state index contributed by atoms with van der Waals surface area (Å²) in [6.07, 6.45) is 4.50. The molecule has 0 atom stereocenters. The molecular formula is C24H31N3O4. The summed E-state index contributed by atoms with van der Waals surface area (Å²) in [5, 5.41) is 2.85. The van der Waals surface area contributed by atoms with Gasteiger partial charge in [0.2, 0.25) is 0 Å². The van der Waals surface area contributed by atoms with Gasteiger partial charge in [0.1, 0.15) is 18.1 Å². The Morgan fingerprint density at radius 3 is 2.16 bits per heavy atom. The third-order valence-electron chi connectivity index (χ3n) is 5.38. The number of carbonyl (C=O) groups is 2. The van der Waals surface area contributed by atoms with Gasteiger partial charge in [-0.2, -0.15) is 0 Å². The smallest absolute Gasteiger partial charge is 0.321 e. The highest BCUT2D eigenvalue weighted by atomic mass is 16.5. The van der Waals surface area contributed by atoms with E-state index in [4.69, 9.17) is 9.47 Å². The van der Waals surface area contributed by atoms with Gasteiger partial charge in [0.25, 0.3) is 5.91 Å². The molecule has 3 rings (SSSR count). The maximum absolute atomic E-state index is 12.7. The zero-order valence-electron chi connectivity index (χ0n) is 18.3. The number of amides is 3. The molecule has 166 valence electrons. The Balaban J connectivity index is 1.45. The van der Waals surface area contributed by atoms with Crippen molar-refractivity contribution in [3.8, 4) is 11.5 Å². The van der Waals surface area contributed by atoms with Crippen LogP contribution in [0.15, 0.2) is 48.5 Å². The zero-order chi connectivity index (χ0) is 22.1. The fourth-order valence-electron chi connectivity index (χ4n) is 3.45. The number of nitrogens with zero attached hydrogens (tertiary/aromatic N) is 2. The van der Waals surface area contributed by atoms with E-state index >= 15 is 0 Å². The monoisotopic (exact) mass is 425 g/mol. The highest BCUT2D eigenvalue weighted by Crippen LogP contribution is 2.18. The first-order chi connectivity index (χ1) is 15.1. The lowest BCUT2D eigenvalue weighted by molar-refractivity contribution is 0.0761. The molecule has 1 fully saturated rings. The molecule has 7 nitrogen and oxygen atoms in total. The average molecular weight is 426 g/mol. The fourth-order valence-corrected chi connectivity index (χ4v) is 3.45. The van der Waals surface area contributed by atoms with Crippen LogP contribution in [0.25, 0.3) is 0 Å². The van der Waals surface area contributed by atoms with Crippen molar-refractivity contribution in [2.75, 3.05) is 45.7 Å². The van der Waals surface area contributed by atoms with Crippen molar-refractivity contribution in [2.24, 2.45) is 0 Å². The maximum atomic E-state index is 12.7. The molecule has 1 aliphatic heterocycles. The largest absolute Gasteiger partial charge is 0.497 e. The van der Waals surface area contributed by atoms with Gasteiger partial charge in [-0.15, -0.1) is 0 Å². The number of methoxy groups -OCH3 is 1. The van der Waals surface area contributed by atoms with Gasteiger partial charge >= 0.3 is 6.03 Å². The topological polar surface area (TPSA) is 71.1 Å². The Labute approximate surface area is 183 Å². The van der Waals surface area contributed by atoms with E-state index < -0.39 is 0 Å². The summed E-state index contributed by atoms with van der Waals surface area (Å²) in [7, 11) is 3.33. The highest BCUT2D eigenvalue weighted by Gasteiger charge is 2.17. The molecule has 7 heteroatoms. The van der Waals surface area contributed by atoms with Crippen LogP contribution in [0.3, 0.4) is 0 Å². The Kier molecular flexibility index (Phi) is 8.15. The second-order valence-corrected chi connectivity index (χ2v) is 7.66. The SMILES string of the molecule is COc1ccc(OCCN(C)C(=O)Nc2ccc(C(=O)N3CCCCCC3)cc2)cc1. The summed E-state index contributed by atoms with van der Waals surface area (Å²) in [6, 6.07) is 14.2. The predicted octanol–water partition coefficient (Wildman–Crippen LogP) is 4.25. The zero-order valence-corrected chi connectivity index (χ0v) is 18.3. The lowest BCUT2D eigenvalue weighted by Crippen LogP contribution is -2.34. The quantitative estimate of drug-likeness (QED) is 0.720. The molecule has 3 amide bonds. The third-order valence-corrected chi connectivity index (χ3v) is 5.38. The van der Waals surface area contributed by atoms with Gasteiger partial charge in [0.05, 0.1) is 13.7 Å². The van der Waals surface area contributed by atoms with E-state index in [0.717, 1.165) is 37.4 Å². The molecule has 1 N–H and O–H groups in total. The Hall–Kier alpha value is -3.22. The third kappa shape index (κ3) is 6.64. The minimum atomic E-state index is -0.232. The number of likely N-dealkylation sites (tertiary alicyclic amines) is 1. The maximum Gasteiger partial charge on any atom is 0.321 e. The van der Waals surface area contributed by atoms with Gasteiger partial charge in [-0.05, 0) is 61.4 Å². The van der Waals surface area contributed by atoms with E-state index in [1.807, 2.05) is 29.2 Å². The lowest BCUT2D eigenvalue weighted by atomic mass is 10.1. The molecule has 0 aromatic heterocycles. The van der Waals surface area contributed by atoms with E-state index in [-0.39, 0.29) is 11.9 Å². The number of likely N-dealkylation sites (N-methyl/N-ethyl adjacent to an activating group) is 1. The molecule has 0 unspecified atom stereocenters. The van der Waals surface area contributed by atoms with Crippen molar-refractivity contribution in [3.63, 3.8) is 0 Å². The number of ether oxygens (including phenoxy) is 2. The number of rotatable bonds is 7. The summed E-state index contributed by atoms with van der Waals surface area (Å²) in [6.45, 7) is 2.45. The van der Waals surface area contributed by atoms with Crippen molar-refractivity contribution in [2.45, 2.75) is 25.7 Å². The van der Waals surface area contributed by atoms with Gasteiger partial charge in [-0.3, -0.25) is 4.79 Å². The van der Waals surface area contributed by atoms with Crippen molar-refractivity contribution in [1.29, 1.82) is 0 Å². The second kappa shape index (κ2) is 11.2. The number of anilines is 1. The van der Waals surface area contributed by atoms with E-state index in [2.05, 4.69) is 5.32 Å². The summed E-state index contributed by atoms with van der Waals surface area (Å²) in [5.41, 5.74) is 1.31. The first-order valence-corrected chi connectivity index (χ1v) is 10.7. The summed E-state index contributed by atoms with van der Waals surface area (Å²) in [5.74, 6) is 1.55. The standard InChI is InChI=1S/C24H31N3O4/c1-26(17-18-31-22-13-11-21(30-2)12-14-22)24(29)25-20-9-7-19(8-10-20)23(28)27-15-5-3-4-6-16-27/h7-14H,3-6,15-18H2,1-2H3,(H,25,29). The van der Waals surface area contributed by atoms with Crippen molar-refractivity contribution >= 4 is 17.6 Å². The van der Waals surface area contributed by atoms with Crippen LogP contribution in [-0.2, 0) is 0 Å². The van der Waals surface area contributed by atoms with Gasteiger partial charge in [0, 0.05) is 31.4 Å². The van der Waals surface area contributed by atoms with Gasteiger partial charge < -0.3 is 24.6 Å². The van der Waals surface area contributed by atoms with Crippen LogP contribution in [0, 0.1) is 0 Å². The van der Waals surface area contributed by atoms with E-state index in [1.54, 1.807) is 43.3 Å². The summed E-state index contributed by atoms with van der Waals surface area (Å²) >= 11 is 0. The van der Waals surface area contributed by atoms with E-state index in [1.165, 1.54) is 12.8 Å². The van der Waals surface area contributed by atoms with Crippen molar-refractivity contribution < 1.29 is 19.1 Å². The van der Waals surface area contributed by atoms with E-state index in [0.29, 0.717) is 24.4 Å².